The molecule has 3 rings (SSSR count). The van der Waals surface area contributed by atoms with Crippen molar-refractivity contribution in [3.05, 3.63) is 48.0 Å². The van der Waals surface area contributed by atoms with Gasteiger partial charge in [-0.15, -0.1) is 0 Å². The van der Waals surface area contributed by atoms with Crippen molar-refractivity contribution in [3.8, 4) is 16.9 Å². The van der Waals surface area contributed by atoms with Crippen LogP contribution in [0.4, 0.5) is 0 Å². The van der Waals surface area contributed by atoms with Crippen molar-refractivity contribution in [1.29, 1.82) is 0 Å². The number of carboxylic acid groups (broad SMARTS) is 1. The molecule has 126 valence electrons. The fourth-order valence-corrected chi connectivity index (χ4v) is 4.38. The minimum atomic E-state index is -3.55. The minimum Gasteiger partial charge on any atom is -0.508 e. The number of phenols is 1. The van der Waals surface area contributed by atoms with Gasteiger partial charge in [-0.3, -0.25) is 0 Å². The molecular weight excluding hydrogens is 330 g/mol. The molecule has 0 aromatic heterocycles. The van der Waals surface area contributed by atoms with E-state index in [1.54, 1.807) is 12.1 Å². The maximum atomic E-state index is 12.6. The number of aromatic carboxylic acids is 1. The first-order chi connectivity index (χ1) is 11.4. The summed E-state index contributed by atoms with van der Waals surface area (Å²) >= 11 is 0. The minimum absolute atomic E-state index is 0.0576. The number of carboxylic acids is 1. The van der Waals surface area contributed by atoms with Gasteiger partial charge in [0.15, 0.2) is 0 Å². The van der Waals surface area contributed by atoms with E-state index in [9.17, 15) is 18.3 Å². The number of benzene rings is 2. The highest BCUT2D eigenvalue weighted by Gasteiger charge is 2.27. The van der Waals surface area contributed by atoms with Crippen LogP contribution in [-0.2, 0) is 10.0 Å². The van der Waals surface area contributed by atoms with Gasteiger partial charge >= 0.3 is 5.97 Å². The van der Waals surface area contributed by atoms with Crippen LogP contribution in [0.5, 0.6) is 5.75 Å². The van der Waals surface area contributed by atoms with Gasteiger partial charge < -0.3 is 10.2 Å². The monoisotopic (exact) mass is 347 g/mol. The van der Waals surface area contributed by atoms with Gasteiger partial charge in [0.2, 0.25) is 10.0 Å². The summed E-state index contributed by atoms with van der Waals surface area (Å²) in [6.07, 6.45) is 1.71. The van der Waals surface area contributed by atoms with Gasteiger partial charge in [-0.25, -0.2) is 13.2 Å². The van der Waals surface area contributed by atoms with E-state index in [0.29, 0.717) is 24.2 Å². The van der Waals surface area contributed by atoms with Crippen LogP contribution < -0.4 is 0 Å². The molecule has 2 N–H and O–H groups in total. The zero-order valence-corrected chi connectivity index (χ0v) is 13.7. The van der Waals surface area contributed by atoms with E-state index in [0.717, 1.165) is 18.9 Å². The molecule has 0 spiro atoms. The van der Waals surface area contributed by atoms with E-state index in [2.05, 4.69) is 0 Å². The first kappa shape index (κ1) is 16.5. The van der Waals surface area contributed by atoms with Gasteiger partial charge in [0.05, 0.1) is 10.5 Å². The summed E-state index contributed by atoms with van der Waals surface area (Å²) in [6.45, 7) is 1.03. The number of phenolic OH excluding ortho intramolecular Hbond substituents is 1. The number of hydrogen-bond acceptors (Lipinski definition) is 4. The molecule has 0 atom stereocenters. The van der Waals surface area contributed by atoms with E-state index < -0.39 is 16.0 Å². The van der Waals surface area contributed by atoms with Crippen molar-refractivity contribution >= 4 is 16.0 Å². The third-order valence-corrected chi connectivity index (χ3v) is 5.93. The smallest absolute Gasteiger partial charge is 0.335 e. The fraction of sp³-hybridized carbons (Fsp3) is 0.235. The highest BCUT2D eigenvalue weighted by Crippen LogP contribution is 2.29. The summed E-state index contributed by atoms with van der Waals surface area (Å²) in [5.41, 5.74) is 0.928. The average Bonchev–Trinajstić information content (AvgIpc) is 3.09. The first-order valence-corrected chi connectivity index (χ1v) is 9.00. The van der Waals surface area contributed by atoms with Crippen molar-refractivity contribution in [1.82, 2.24) is 4.31 Å². The predicted octanol–water partition coefficient (Wildman–Crippen LogP) is 2.54. The van der Waals surface area contributed by atoms with Gasteiger partial charge in [0, 0.05) is 13.1 Å². The van der Waals surface area contributed by atoms with Gasteiger partial charge in [0.25, 0.3) is 0 Å². The molecule has 2 aromatic carbocycles. The molecule has 7 heteroatoms. The Morgan fingerprint density at radius 3 is 2.38 bits per heavy atom. The molecule has 1 heterocycles. The zero-order chi connectivity index (χ0) is 17.3. The van der Waals surface area contributed by atoms with Gasteiger partial charge in [0.1, 0.15) is 5.75 Å². The van der Waals surface area contributed by atoms with Crippen LogP contribution in [0.3, 0.4) is 0 Å². The molecule has 1 aliphatic rings. The van der Waals surface area contributed by atoms with Crippen LogP contribution in [0.2, 0.25) is 0 Å². The van der Waals surface area contributed by atoms with Crippen molar-refractivity contribution in [3.63, 3.8) is 0 Å². The molecule has 1 fully saturated rings. The lowest BCUT2D eigenvalue weighted by atomic mass is 10.0. The Kier molecular flexibility index (Phi) is 4.29. The van der Waals surface area contributed by atoms with E-state index in [-0.39, 0.29) is 16.2 Å². The third kappa shape index (κ3) is 3.13. The second-order valence-corrected chi connectivity index (χ2v) is 7.65. The van der Waals surface area contributed by atoms with Crippen LogP contribution in [0, 0.1) is 0 Å². The molecular formula is C17H17NO5S. The topological polar surface area (TPSA) is 94.9 Å². The summed E-state index contributed by atoms with van der Waals surface area (Å²) in [6, 6.07) is 10.3. The number of rotatable bonds is 4. The summed E-state index contributed by atoms with van der Waals surface area (Å²) in [5.74, 6) is -1.34. The normalized spacial score (nSPS) is 15.5. The molecule has 0 aliphatic carbocycles. The number of nitrogens with zero attached hydrogens (tertiary/aromatic N) is 1. The number of sulfonamides is 1. The van der Waals surface area contributed by atoms with Gasteiger partial charge in [-0.1, -0.05) is 12.1 Å². The molecule has 0 saturated carbocycles. The van der Waals surface area contributed by atoms with Crippen molar-refractivity contribution < 1.29 is 23.4 Å². The van der Waals surface area contributed by atoms with Crippen molar-refractivity contribution in [2.75, 3.05) is 13.1 Å². The van der Waals surface area contributed by atoms with E-state index in [4.69, 9.17) is 5.11 Å². The third-order valence-electron chi connectivity index (χ3n) is 4.03. The quantitative estimate of drug-likeness (QED) is 0.886. The Hall–Kier alpha value is -2.38. The maximum absolute atomic E-state index is 12.6. The lowest BCUT2D eigenvalue weighted by Gasteiger charge is -2.16. The Labute approximate surface area is 140 Å². The molecule has 1 aliphatic heterocycles. The molecule has 6 nitrogen and oxygen atoms in total. The van der Waals surface area contributed by atoms with Crippen molar-refractivity contribution in [2.24, 2.45) is 0 Å². The number of hydrogen-bond donors (Lipinski definition) is 2. The molecule has 2 aromatic rings. The number of aromatic hydroxyl groups is 1. The maximum Gasteiger partial charge on any atom is 0.335 e. The highest BCUT2D eigenvalue weighted by molar-refractivity contribution is 7.89. The molecule has 0 radical (unpaired) electrons. The second-order valence-electron chi connectivity index (χ2n) is 5.71. The Bertz CT molecular complexity index is 886. The summed E-state index contributed by atoms with van der Waals surface area (Å²) in [4.78, 5) is 11.3. The zero-order valence-electron chi connectivity index (χ0n) is 12.8. The summed E-state index contributed by atoms with van der Waals surface area (Å²) in [5, 5.41) is 18.8. The average molecular weight is 347 g/mol. The van der Waals surface area contributed by atoms with Crippen LogP contribution in [-0.4, -0.2) is 42.0 Å². The molecule has 0 bridgehead atoms. The highest BCUT2D eigenvalue weighted by atomic mass is 32.2. The first-order valence-electron chi connectivity index (χ1n) is 7.56. The molecule has 0 unspecified atom stereocenters. The van der Waals surface area contributed by atoms with Gasteiger partial charge in [-0.2, -0.15) is 4.31 Å². The van der Waals surface area contributed by atoms with Crippen LogP contribution in [0.15, 0.2) is 47.4 Å². The SMILES string of the molecule is O=C(O)c1cc(O)cc(-c2cccc(S(=O)(=O)N3CCCC3)c2)c1. The van der Waals surface area contributed by atoms with E-state index in [1.165, 1.54) is 28.6 Å². The predicted molar refractivity (Wildman–Crippen MR) is 88.5 cm³/mol. The Morgan fingerprint density at radius 2 is 1.71 bits per heavy atom. The second kappa shape index (κ2) is 6.26. The lowest BCUT2D eigenvalue weighted by Crippen LogP contribution is -2.27. The lowest BCUT2D eigenvalue weighted by molar-refractivity contribution is 0.0696. The van der Waals surface area contributed by atoms with Gasteiger partial charge in [-0.05, 0) is 54.3 Å². The largest absolute Gasteiger partial charge is 0.508 e. The van der Waals surface area contributed by atoms with Crippen LogP contribution in [0.25, 0.3) is 11.1 Å². The molecule has 24 heavy (non-hydrogen) atoms. The van der Waals surface area contributed by atoms with Crippen LogP contribution >= 0.6 is 0 Å². The van der Waals surface area contributed by atoms with Crippen LogP contribution in [0.1, 0.15) is 23.2 Å². The number of carbonyl (C=O) groups is 1. The van der Waals surface area contributed by atoms with E-state index >= 15 is 0 Å². The molecule has 1 saturated heterocycles. The summed E-state index contributed by atoms with van der Waals surface area (Å²) < 4.78 is 26.7. The Balaban J connectivity index is 2.04. The van der Waals surface area contributed by atoms with Crippen molar-refractivity contribution in [2.45, 2.75) is 17.7 Å². The molecule has 0 amide bonds. The fourth-order valence-electron chi connectivity index (χ4n) is 2.81. The Morgan fingerprint density at radius 1 is 1.00 bits per heavy atom. The standard InChI is InChI=1S/C17H17NO5S/c19-15-9-13(8-14(10-15)17(20)21)12-4-3-5-16(11-12)24(22,23)18-6-1-2-7-18/h3-5,8-11,19H,1-2,6-7H2,(H,20,21). The van der Waals surface area contributed by atoms with E-state index in [1.807, 2.05) is 0 Å². The summed E-state index contributed by atoms with van der Waals surface area (Å²) in [7, 11) is -3.55.